The zero-order valence-electron chi connectivity index (χ0n) is 11.8. The fourth-order valence-corrected chi connectivity index (χ4v) is 3.06. The van der Waals surface area contributed by atoms with Gasteiger partial charge in [0.15, 0.2) is 0 Å². The van der Waals surface area contributed by atoms with Crippen molar-refractivity contribution < 1.29 is 19.4 Å². The minimum atomic E-state index is -0.441. The maximum atomic E-state index is 11.9. The molecule has 1 unspecified atom stereocenters. The van der Waals surface area contributed by atoms with Crippen LogP contribution in [0.2, 0.25) is 0 Å². The first-order valence-corrected chi connectivity index (χ1v) is 7.46. The number of benzene rings is 1. The molecule has 7 heteroatoms. The third-order valence-corrected chi connectivity index (χ3v) is 4.18. The van der Waals surface area contributed by atoms with Crippen molar-refractivity contribution in [3.05, 3.63) is 40.4 Å². The summed E-state index contributed by atoms with van der Waals surface area (Å²) in [4.78, 5) is 23.1. The highest BCUT2D eigenvalue weighted by Gasteiger charge is 2.30. The van der Waals surface area contributed by atoms with Gasteiger partial charge < -0.3 is 15.2 Å². The van der Waals surface area contributed by atoms with Crippen LogP contribution in [0.3, 0.4) is 0 Å². The lowest BCUT2D eigenvalue weighted by Gasteiger charge is -2.25. The quantitative estimate of drug-likeness (QED) is 0.819. The van der Waals surface area contributed by atoms with Crippen LogP contribution in [0.25, 0.3) is 0 Å². The monoisotopic (exact) mass is 318 g/mol. The summed E-state index contributed by atoms with van der Waals surface area (Å²) in [6, 6.07) is 8.56. The lowest BCUT2D eigenvalue weighted by atomic mass is 9.87. The van der Waals surface area contributed by atoms with E-state index >= 15 is 0 Å². The van der Waals surface area contributed by atoms with Crippen molar-refractivity contribution in [1.82, 2.24) is 5.32 Å². The Morgan fingerprint density at radius 2 is 2.36 bits per heavy atom. The Kier molecular flexibility index (Phi) is 5.07. The Hall–Kier alpha value is -2.46. The maximum absolute atomic E-state index is 11.9. The van der Waals surface area contributed by atoms with E-state index in [1.54, 1.807) is 12.1 Å². The lowest BCUT2D eigenvalue weighted by molar-refractivity contribution is -0.137. The number of hydrogen-bond donors (Lipinski definition) is 2. The number of hydrogen-bond acceptors (Lipinski definition) is 6. The first-order chi connectivity index (χ1) is 10.5. The first-order valence-electron chi connectivity index (χ1n) is 6.47. The van der Waals surface area contributed by atoms with Crippen molar-refractivity contribution in [2.75, 3.05) is 12.9 Å². The van der Waals surface area contributed by atoms with Crippen LogP contribution in [0.15, 0.2) is 34.9 Å². The van der Waals surface area contributed by atoms with Crippen LogP contribution in [0.5, 0.6) is 5.75 Å². The highest BCUT2D eigenvalue weighted by Crippen LogP contribution is 2.36. The van der Waals surface area contributed by atoms with Crippen LogP contribution >= 0.6 is 11.8 Å². The Bertz CT molecular complexity index is 678. The van der Waals surface area contributed by atoms with Gasteiger partial charge in [-0.2, -0.15) is 5.26 Å². The van der Waals surface area contributed by atoms with Gasteiger partial charge in [0.1, 0.15) is 5.75 Å². The minimum Gasteiger partial charge on any atom is -0.508 e. The smallest absolute Gasteiger partial charge is 0.316 e. The van der Waals surface area contributed by atoms with Gasteiger partial charge in [-0.25, -0.2) is 0 Å². The van der Waals surface area contributed by atoms with Gasteiger partial charge in [0.05, 0.1) is 29.5 Å². The molecule has 1 aliphatic heterocycles. The number of phenolic OH excluding ortho intramolecular Hbond substituents is 1. The molecule has 1 amide bonds. The Morgan fingerprint density at radius 3 is 3.00 bits per heavy atom. The number of aromatic hydroxyl groups is 1. The first kappa shape index (κ1) is 15.9. The lowest BCUT2D eigenvalue weighted by Crippen LogP contribution is -2.31. The van der Waals surface area contributed by atoms with Crippen molar-refractivity contribution in [3.63, 3.8) is 0 Å². The zero-order chi connectivity index (χ0) is 16.1. The molecule has 2 N–H and O–H groups in total. The molecular weight excluding hydrogens is 304 g/mol. The number of carbonyl (C=O) groups excluding carboxylic acids is 2. The van der Waals surface area contributed by atoms with Gasteiger partial charge >= 0.3 is 5.97 Å². The maximum Gasteiger partial charge on any atom is 0.316 e. The number of amides is 1. The van der Waals surface area contributed by atoms with Crippen molar-refractivity contribution >= 4 is 23.6 Å². The number of esters is 1. The predicted molar refractivity (Wildman–Crippen MR) is 80.7 cm³/mol. The van der Waals surface area contributed by atoms with Gasteiger partial charge in [-0.3, -0.25) is 9.59 Å². The summed E-state index contributed by atoms with van der Waals surface area (Å²) in [6.07, 6.45) is 0.120. The average Bonchev–Trinajstić information content (AvgIpc) is 2.51. The van der Waals surface area contributed by atoms with Crippen molar-refractivity contribution in [1.29, 1.82) is 5.26 Å². The van der Waals surface area contributed by atoms with E-state index in [0.717, 1.165) is 11.8 Å². The van der Waals surface area contributed by atoms with E-state index in [0.29, 0.717) is 16.2 Å². The van der Waals surface area contributed by atoms with Crippen LogP contribution < -0.4 is 5.32 Å². The summed E-state index contributed by atoms with van der Waals surface area (Å²) < 4.78 is 4.55. The van der Waals surface area contributed by atoms with E-state index in [-0.39, 0.29) is 23.8 Å². The fraction of sp³-hybridized carbons (Fsp3) is 0.267. The van der Waals surface area contributed by atoms with E-state index in [1.165, 1.54) is 19.2 Å². The number of allylic oxidation sites excluding steroid dienone is 1. The normalized spacial score (nSPS) is 17.6. The van der Waals surface area contributed by atoms with Crippen molar-refractivity contribution in [3.8, 4) is 11.8 Å². The number of nitrogens with one attached hydrogen (secondary N) is 1. The van der Waals surface area contributed by atoms with E-state index in [2.05, 4.69) is 16.1 Å². The second-order valence-electron chi connectivity index (χ2n) is 4.62. The summed E-state index contributed by atoms with van der Waals surface area (Å²) in [7, 11) is 1.28. The van der Waals surface area contributed by atoms with E-state index < -0.39 is 11.9 Å². The highest BCUT2D eigenvalue weighted by atomic mass is 32.2. The molecule has 0 aliphatic carbocycles. The van der Waals surface area contributed by atoms with Gasteiger partial charge in [-0.1, -0.05) is 23.9 Å². The van der Waals surface area contributed by atoms with Crippen LogP contribution in [0, 0.1) is 11.3 Å². The molecule has 6 nitrogen and oxygen atoms in total. The number of nitrogens with zero attached hydrogens (tertiary/aromatic N) is 1. The van der Waals surface area contributed by atoms with E-state index in [4.69, 9.17) is 0 Å². The van der Waals surface area contributed by atoms with Crippen LogP contribution in [0.1, 0.15) is 17.9 Å². The molecule has 114 valence electrons. The minimum absolute atomic E-state index is 0.00402. The second-order valence-corrected chi connectivity index (χ2v) is 5.60. The molecule has 0 bridgehead atoms. The van der Waals surface area contributed by atoms with Crippen molar-refractivity contribution in [2.45, 2.75) is 12.3 Å². The summed E-state index contributed by atoms with van der Waals surface area (Å²) in [6.45, 7) is 0. The standard InChI is InChI=1S/C15H14N2O4S/c1-21-14(20)8-22-15-12(7-16)11(6-13(19)17-15)9-3-2-4-10(18)5-9/h2-5,11,18H,6,8H2,1H3,(H,17,19). The highest BCUT2D eigenvalue weighted by molar-refractivity contribution is 8.03. The largest absolute Gasteiger partial charge is 0.508 e. The van der Waals surface area contributed by atoms with Crippen LogP contribution in [-0.4, -0.2) is 29.8 Å². The topological polar surface area (TPSA) is 99.4 Å². The van der Waals surface area contributed by atoms with Gasteiger partial charge in [0.2, 0.25) is 5.91 Å². The second kappa shape index (κ2) is 7.00. The number of ether oxygens (including phenoxy) is 1. The van der Waals surface area contributed by atoms with Gasteiger partial charge in [0.25, 0.3) is 0 Å². The number of methoxy groups -OCH3 is 1. The molecule has 1 aromatic rings. The number of thioether (sulfide) groups is 1. The third kappa shape index (κ3) is 3.59. The molecule has 0 fully saturated rings. The summed E-state index contributed by atoms with van der Waals surface area (Å²) in [5.41, 5.74) is 1.06. The number of phenols is 1. The molecule has 0 radical (unpaired) electrons. The van der Waals surface area contributed by atoms with E-state index in [9.17, 15) is 20.0 Å². The fourth-order valence-electron chi connectivity index (χ4n) is 2.15. The molecule has 1 atom stereocenters. The van der Waals surface area contributed by atoms with E-state index in [1.807, 2.05) is 0 Å². The summed E-state index contributed by atoms with van der Waals surface area (Å²) in [5, 5.41) is 22.0. The molecule has 0 saturated carbocycles. The molecule has 1 aliphatic rings. The molecule has 0 spiro atoms. The summed E-state index contributed by atoms with van der Waals surface area (Å²) in [5.74, 6) is -1.04. The zero-order valence-corrected chi connectivity index (χ0v) is 12.6. The number of rotatable bonds is 4. The van der Waals surface area contributed by atoms with Crippen LogP contribution in [-0.2, 0) is 14.3 Å². The molecule has 22 heavy (non-hydrogen) atoms. The molecule has 1 heterocycles. The number of carbonyl (C=O) groups is 2. The SMILES string of the molecule is COC(=O)CSC1=C(C#N)C(c2cccc(O)c2)CC(=O)N1. The molecule has 1 aromatic carbocycles. The molecular formula is C15H14N2O4S. The number of nitriles is 1. The van der Waals surface area contributed by atoms with Gasteiger partial charge in [-0.05, 0) is 17.7 Å². The summed E-state index contributed by atoms with van der Waals surface area (Å²) >= 11 is 1.06. The van der Waals surface area contributed by atoms with Crippen LogP contribution in [0.4, 0.5) is 0 Å². The Balaban J connectivity index is 2.34. The molecule has 2 rings (SSSR count). The average molecular weight is 318 g/mol. The van der Waals surface area contributed by atoms with Gasteiger partial charge in [0, 0.05) is 12.3 Å². The Labute approximate surface area is 131 Å². The van der Waals surface area contributed by atoms with Gasteiger partial charge in [-0.15, -0.1) is 0 Å². The Morgan fingerprint density at radius 1 is 1.59 bits per heavy atom. The molecule has 0 aromatic heterocycles. The third-order valence-electron chi connectivity index (χ3n) is 3.19. The molecule has 0 saturated heterocycles. The van der Waals surface area contributed by atoms with Crippen molar-refractivity contribution in [2.24, 2.45) is 0 Å². The predicted octanol–water partition coefficient (Wildman–Crippen LogP) is 1.64.